The molecule has 0 radical (unpaired) electrons. The van der Waals surface area contributed by atoms with E-state index in [4.69, 9.17) is 5.73 Å². The number of nitrogens with two attached hydrogens (primary N) is 1. The van der Waals surface area contributed by atoms with Gasteiger partial charge in [-0.05, 0) is 24.9 Å². The van der Waals surface area contributed by atoms with E-state index >= 15 is 0 Å². The van der Waals surface area contributed by atoms with Crippen molar-refractivity contribution in [3.63, 3.8) is 0 Å². The molecule has 4 heteroatoms. The second-order valence-electron chi connectivity index (χ2n) is 5.82. The molecule has 1 saturated heterocycles. The number of rotatable bonds is 5. The van der Waals surface area contributed by atoms with Gasteiger partial charge in [0.15, 0.2) is 0 Å². The number of hydrogen-bond donors (Lipinski definition) is 1. The van der Waals surface area contributed by atoms with Gasteiger partial charge in [-0.2, -0.15) is 0 Å². The minimum atomic E-state index is 0.584. The van der Waals surface area contributed by atoms with Crippen molar-refractivity contribution in [1.82, 2.24) is 14.5 Å². The highest BCUT2D eigenvalue weighted by molar-refractivity contribution is 5.14. The van der Waals surface area contributed by atoms with Gasteiger partial charge in [-0.25, -0.2) is 4.98 Å². The first kappa shape index (κ1) is 14.3. The van der Waals surface area contributed by atoms with Gasteiger partial charge in [-0.3, -0.25) is 4.90 Å². The van der Waals surface area contributed by atoms with Crippen LogP contribution < -0.4 is 5.73 Å². The van der Waals surface area contributed by atoms with Crippen molar-refractivity contribution in [1.29, 1.82) is 0 Å². The van der Waals surface area contributed by atoms with Crippen LogP contribution in [0.15, 0.2) is 42.9 Å². The molecule has 0 amide bonds. The van der Waals surface area contributed by atoms with E-state index in [1.54, 1.807) is 0 Å². The van der Waals surface area contributed by atoms with Crippen molar-refractivity contribution in [2.24, 2.45) is 5.73 Å². The third-order valence-corrected chi connectivity index (χ3v) is 4.35. The zero-order chi connectivity index (χ0) is 14.5. The van der Waals surface area contributed by atoms with Gasteiger partial charge in [-0.15, -0.1) is 0 Å². The summed E-state index contributed by atoms with van der Waals surface area (Å²) in [6.45, 7) is 4.06. The Morgan fingerprint density at radius 2 is 1.90 bits per heavy atom. The highest BCUT2D eigenvalue weighted by atomic mass is 15.2. The Balaban J connectivity index is 1.56. The molecule has 0 atom stereocenters. The molecule has 4 nitrogen and oxygen atoms in total. The van der Waals surface area contributed by atoms with Gasteiger partial charge in [0.1, 0.15) is 0 Å². The molecule has 21 heavy (non-hydrogen) atoms. The van der Waals surface area contributed by atoms with Crippen LogP contribution in [0.4, 0.5) is 0 Å². The standard InChI is InChI=1S/C17H24N4/c18-9-6-17-12-19-14-21(17)16-7-10-20(11-8-16)13-15-4-2-1-3-5-15/h1-5,12,14,16H,6-11,13,18H2. The molecule has 0 saturated carbocycles. The first-order valence-corrected chi connectivity index (χ1v) is 7.84. The molecular formula is C17H24N4. The lowest BCUT2D eigenvalue weighted by Crippen LogP contribution is -2.34. The minimum absolute atomic E-state index is 0.584. The van der Waals surface area contributed by atoms with Gasteiger partial charge < -0.3 is 10.3 Å². The quantitative estimate of drug-likeness (QED) is 0.916. The maximum atomic E-state index is 5.68. The maximum Gasteiger partial charge on any atom is 0.0950 e. The van der Waals surface area contributed by atoms with Crippen LogP contribution in [0.2, 0.25) is 0 Å². The summed E-state index contributed by atoms with van der Waals surface area (Å²) in [4.78, 5) is 6.84. The van der Waals surface area contributed by atoms with E-state index in [0.29, 0.717) is 12.6 Å². The summed E-state index contributed by atoms with van der Waals surface area (Å²) in [5.41, 5.74) is 8.36. The van der Waals surface area contributed by atoms with Crippen molar-refractivity contribution in [3.05, 3.63) is 54.1 Å². The molecule has 1 aromatic heterocycles. The first-order valence-electron chi connectivity index (χ1n) is 7.84. The van der Waals surface area contributed by atoms with Crippen LogP contribution in [0.3, 0.4) is 0 Å². The normalized spacial score (nSPS) is 17.2. The topological polar surface area (TPSA) is 47.1 Å². The maximum absolute atomic E-state index is 5.68. The zero-order valence-corrected chi connectivity index (χ0v) is 12.5. The predicted octanol–water partition coefficient (Wildman–Crippen LogP) is 2.22. The summed E-state index contributed by atoms with van der Waals surface area (Å²) in [5, 5.41) is 0. The molecule has 1 aliphatic heterocycles. The number of likely N-dealkylation sites (tertiary alicyclic amines) is 1. The molecule has 3 rings (SSSR count). The molecule has 1 aliphatic rings. The van der Waals surface area contributed by atoms with E-state index < -0.39 is 0 Å². The summed E-state index contributed by atoms with van der Waals surface area (Å²) < 4.78 is 2.34. The number of imidazole rings is 1. The van der Waals surface area contributed by atoms with Crippen molar-refractivity contribution in [3.8, 4) is 0 Å². The van der Waals surface area contributed by atoms with E-state index in [1.165, 1.54) is 24.1 Å². The van der Waals surface area contributed by atoms with Gasteiger partial charge in [0.25, 0.3) is 0 Å². The van der Waals surface area contributed by atoms with Crippen LogP contribution in [0.25, 0.3) is 0 Å². The smallest absolute Gasteiger partial charge is 0.0950 e. The molecule has 0 bridgehead atoms. The fourth-order valence-corrected chi connectivity index (χ4v) is 3.20. The fraction of sp³-hybridized carbons (Fsp3) is 0.471. The Hall–Kier alpha value is -1.65. The lowest BCUT2D eigenvalue weighted by atomic mass is 10.0. The third kappa shape index (κ3) is 3.52. The van der Waals surface area contributed by atoms with Crippen molar-refractivity contribution < 1.29 is 0 Å². The summed E-state index contributed by atoms with van der Waals surface area (Å²) in [7, 11) is 0. The van der Waals surface area contributed by atoms with Gasteiger partial charge in [-0.1, -0.05) is 30.3 Å². The van der Waals surface area contributed by atoms with E-state index in [9.17, 15) is 0 Å². The molecule has 2 aromatic rings. The summed E-state index contributed by atoms with van der Waals surface area (Å²) >= 11 is 0. The molecule has 1 aromatic carbocycles. The molecular weight excluding hydrogens is 260 g/mol. The highest BCUT2D eigenvalue weighted by Gasteiger charge is 2.21. The van der Waals surface area contributed by atoms with Crippen molar-refractivity contribution in [2.45, 2.75) is 31.8 Å². The summed E-state index contributed by atoms with van der Waals surface area (Å²) in [6, 6.07) is 11.3. The Bertz CT molecular complexity index is 541. The van der Waals surface area contributed by atoms with Gasteiger partial charge >= 0.3 is 0 Å². The Labute approximate surface area is 126 Å². The Morgan fingerprint density at radius 1 is 1.14 bits per heavy atom. The molecule has 0 spiro atoms. The number of benzene rings is 1. The molecule has 1 fully saturated rings. The first-order chi connectivity index (χ1) is 10.4. The lowest BCUT2D eigenvalue weighted by molar-refractivity contribution is 0.178. The van der Waals surface area contributed by atoms with Crippen LogP contribution in [0.1, 0.15) is 30.1 Å². The van der Waals surface area contributed by atoms with Gasteiger partial charge in [0.05, 0.1) is 6.33 Å². The predicted molar refractivity (Wildman–Crippen MR) is 85.0 cm³/mol. The lowest BCUT2D eigenvalue weighted by Gasteiger charge is -2.33. The van der Waals surface area contributed by atoms with Crippen LogP contribution in [-0.4, -0.2) is 34.1 Å². The third-order valence-electron chi connectivity index (χ3n) is 4.35. The van der Waals surface area contributed by atoms with Crippen molar-refractivity contribution >= 4 is 0 Å². The second kappa shape index (κ2) is 6.87. The summed E-state index contributed by atoms with van der Waals surface area (Å²) in [6.07, 6.45) is 7.25. The largest absolute Gasteiger partial charge is 0.331 e. The summed E-state index contributed by atoms with van der Waals surface area (Å²) in [5.74, 6) is 0. The SMILES string of the molecule is NCCc1cncn1C1CCN(Cc2ccccc2)CC1. The second-order valence-corrected chi connectivity index (χ2v) is 5.82. The number of piperidine rings is 1. The van der Waals surface area contributed by atoms with Gasteiger partial charge in [0, 0.05) is 44.0 Å². The van der Waals surface area contributed by atoms with Crippen LogP contribution in [0.5, 0.6) is 0 Å². The van der Waals surface area contributed by atoms with Crippen LogP contribution >= 0.6 is 0 Å². The molecule has 0 aliphatic carbocycles. The van der Waals surface area contributed by atoms with Gasteiger partial charge in [0.2, 0.25) is 0 Å². The monoisotopic (exact) mass is 284 g/mol. The van der Waals surface area contributed by atoms with Crippen molar-refractivity contribution in [2.75, 3.05) is 19.6 Å². The van der Waals surface area contributed by atoms with E-state index in [2.05, 4.69) is 44.8 Å². The van der Waals surface area contributed by atoms with Crippen LogP contribution in [0, 0.1) is 0 Å². The molecule has 112 valence electrons. The number of aromatic nitrogens is 2. The Kier molecular flexibility index (Phi) is 4.68. The highest BCUT2D eigenvalue weighted by Crippen LogP contribution is 2.25. The van der Waals surface area contributed by atoms with Crippen LogP contribution in [-0.2, 0) is 13.0 Å². The zero-order valence-electron chi connectivity index (χ0n) is 12.5. The molecule has 2 heterocycles. The average Bonchev–Trinajstić information content (AvgIpc) is 2.98. The molecule has 2 N–H and O–H groups in total. The average molecular weight is 284 g/mol. The van der Waals surface area contributed by atoms with E-state index in [0.717, 1.165) is 26.1 Å². The Morgan fingerprint density at radius 3 is 2.62 bits per heavy atom. The number of hydrogen-bond acceptors (Lipinski definition) is 3. The molecule has 0 unspecified atom stereocenters. The van der Waals surface area contributed by atoms with E-state index in [-0.39, 0.29) is 0 Å². The minimum Gasteiger partial charge on any atom is -0.331 e. The number of nitrogens with zero attached hydrogens (tertiary/aromatic N) is 3. The van der Waals surface area contributed by atoms with E-state index in [1.807, 2.05) is 12.5 Å². The fourth-order valence-electron chi connectivity index (χ4n) is 3.20.